The molecule has 31 heavy (non-hydrogen) atoms. The van der Waals surface area contributed by atoms with Gasteiger partial charge in [0.05, 0.1) is 6.42 Å². The first-order valence-electron chi connectivity index (χ1n) is 10.2. The number of nitrogens with zero attached hydrogens (tertiary/aromatic N) is 3. The van der Waals surface area contributed by atoms with E-state index in [0.717, 1.165) is 10.6 Å². The third-order valence-electron chi connectivity index (χ3n) is 5.53. The quantitative estimate of drug-likeness (QED) is 0.531. The highest BCUT2D eigenvalue weighted by Crippen LogP contribution is 2.19. The number of ether oxygens (including phenoxy) is 1. The molecule has 160 valence electrons. The average Bonchev–Trinajstić information content (AvgIpc) is 2.81. The topological polar surface area (TPSA) is 87.2 Å². The molecule has 2 aromatic carbocycles. The summed E-state index contributed by atoms with van der Waals surface area (Å²) in [5.41, 5.74) is 2.16. The van der Waals surface area contributed by atoms with Crippen molar-refractivity contribution in [1.82, 2.24) is 9.80 Å². The molecular formula is C23H23N3O5. The van der Waals surface area contributed by atoms with Crippen molar-refractivity contribution < 1.29 is 23.9 Å². The van der Waals surface area contributed by atoms with Gasteiger partial charge in [-0.25, -0.2) is 0 Å². The van der Waals surface area contributed by atoms with Crippen LogP contribution >= 0.6 is 0 Å². The zero-order valence-electron chi connectivity index (χ0n) is 17.0. The van der Waals surface area contributed by atoms with E-state index in [2.05, 4.69) is 4.90 Å². The molecule has 0 atom stereocenters. The first-order chi connectivity index (χ1) is 15.0. The van der Waals surface area contributed by atoms with Crippen LogP contribution in [0.2, 0.25) is 0 Å². The number of hydrogen-bond acceptors (Lipinski definition) is 6. The maximum Gasteiger partial charge on any atom is 0.326 e. The number of carbonyl (C=O) groups excluding carboxylic acids is 4. The number of esters is 1. The van der Waals surface area contributed by atoms with Gasteiger partial charge in [0.25, 0.3) is 11.8 Å². The summed E-state index contributed by atoms with van der Waals surface area (Å²) < 4.78 is 5.07. The molecule has 0 radical (unpaired) electrons. The Morgan fingerprint density at radius 2 is 1.55 bits per heavy atom. The second-order valence-corrected chi connectivity index (χ2v) is 7.48. The molecule has 8 nitrogen and oxygen atoms in total. The number of rotatable bonds is 5. The zero-order chi connectivity index (χ0) is 21.8. The number of carbonyl (C=O) groups is 4. The number of piperazine rings is 1. The van der Waals surface area contributed by atoms with Crippen molar-refractivity contribution in [3.05, 3.63) is 65.7 Å². The van der Waals surface area contributed by atoms with Crippen molar-refractivity contribution in [2.45, 2.75) is 6.42 Å². The van der Waals surface area contributed by atoms with Crippen LogP contribution in [0.15, 0.2) is 54.6 Å². The molecular weight excluding hydrogens is 398 g/mol. The Morgan fingerprint density at radius 3 is 2.29 bits per heavy atom. The van der Waals surface area contributed by atoms with E-state index in [1.807, 2.05) is 30.3 Å². The standard InChI is InChI=1S/C23H23N3O5/c27-20-14-17-6-4-5-9-19(17)23(30)26(20)15-22(29)31-16-21(28)25-12-10-24(11-13-25)18-7-2-1-3-8-18/h1-9H,10-16H2. The van der Waals surface area contributed by atoms with Crippen molar-refractivity contribution >= 4 is 29.4 Å². The van der Waals surface area contributed by atoms with Crippen molar-refractivity contribution in [2.75, 3.05) is 44.2 Å². The number of amides is 3. The summed E-state index contributed by atoms with van der Waals surface area (Å²) in [7, 11) is 0. The van der Waals surface area contributed by atoms with Crippen molar-refractivity contribution in [3.8, 4) is 0 Å². The van der Waals surface area contributed by atoms with Gasteiger partial charge >= 0.3 is 5.97 Å². The van der Waals surface area contributed by atoms with Gasteiger partial charge in [-0.15, -0.1) is 0 Å². The lowest BCUT2D eigenvalue weighted by Crippen LogP contribution is -2.50. The van der Waals surface area contributed by atoms with Crippen LogP contribution in [0, 0.1) is 0 Å². The van der Waals surface area contributed by atoms with Crippen LogP contribution in [0.3, 0.4) is 0 Å². The van der Waals surface area contributed by atoms with Gasteiger partial charge in [-0.2, -0.15) is 0 Å². The summed E-state index contributed by atoms with van der Waals surface area (Å²) in [4.78, 5) is 54.1. The molecule has 1 fully saturated rings. The third kappa shape index (κ3) is 4.58. The van der Waals surface area contributed by atoms with Crippen molar-refractivity contribution in [3.63, 3.8) is 0 Å². The normalized spacial score (nSPS) is 16.2. The van der Waals surface area contributed by atoms with Gasteiger partial charge in [0.15, 0.2) is 6.61 Å². The molecule has 0 spiro atoms. The molecule has 0 bridgehead atoms. The maximum absolute atomic E-state index is 12.5. The minimum atomic E-state index is -0.780. The first-order valence-corrected chi connectivity index (χ1v) is 10.2. The minimum absolute atomic E-state index is 0.0554. The van der Waals surface area contributed by atoms with Gasteiger partial charge in [0, 0.05) is 37.4 Å². The Balaban J connectivity index is 1.25. The average molecular weight is 421 g/mol. The molecule has 2 aromatic rings. The van der Waals surface area contributed by atoms with E-state index >= 15 is 0 Å². The Kier molecular flexibility index (Phi) is 5.97. The fraction of sp³-hybridized carbons (Fsp3) is 0.304. The summed E-state index contributed by atoms with van der Waals surface area (Å²) in [5, 5.41) is 0. The van der Waals surface area contributed by atoms with Crippen LogP contribution in [-0.4, -0.2) is 72.8 Å². The second kappa shape index (κ2) is 8.99. The van der Waals surface area contributed by atoms with Gasteiger partial charge in [-0.05, 0) is 23.8 Å². The third-order valence-corrected chi connectivity index (χ3v) is 5.53. The van der Waals surface area contributed by atoms with E-state index in [9.17, 15) is 19.2 Å². The molecule has 4 rings (SSSR count). The predicted molar refractivity (Wildman–Crippen MR) is 112 cm³/mol. The molecule has 0 aromatic heterocycles. The van der Waals surface area contributed by atoms with Crippen LogP contribution in [0.25, 0.3) is 0 Å². The van der Waals surface area contributed by atoms with Gasteiger partial charge in [0.2, 0.25) is 5.91 Å². The highest BCUT2D eigenvalue weighted by Gasteiger charge is 2.32. The van der Waals surface area contributed by atoms with Crippen molar-refractivity contribution in [2.24, 2.45) is 0 Å². The van der Waals surface area contributed by atoms with Crippen LogP contribution < -0.4 is 4.90 Å². The van der Waals surface area contributed by atoms with E-state index in [0.29, 0.717) is 37.3 Å². The van der Waals surface area contributed by atoms with Gasteiger partial charge in [0.1, 0.15) is 6.54 Å². The number of para-hydroxylation sites is 1. The first kappa shape index (κ1) is 20.6. The molecule has 8 heteroatoms. The van der Waals surface area contributed by atoms with E-state index in [4.69, 9.17) is 4.74 Å². The highest BCUT2D eigenvalue weighted by molar-refractivity contribution is 6.11. The minimum Gasteiger partial charge on any atom is -0.454 e. The molecule has 2 heterocycles. The molecule has 0 N–H and O–H groups in total. The van der Waals surface area contributed by atoms with Crippen LogP contribution in [0.4, 0.5) is 5.69 Å². The number of benzene rings is 2. The van der Waals surface area contributed by atoms with Crippen LogP contribution in [-0.2, 0) is 25.5 Å². The Hall–Kier alpha value is -3.68. The summed E-state index contributed by atoms with van der Waals surface area (Å²) in [5.74, 6) is -2.05. The van der Waals surface area contributed by atoms with Gasteiger partial charge in [-0.1, -0.05) is 36.4 Å². The Bertz CT molecular complexity index is 999. The second-order valence-electron chi connectivity index (χ2n) is 7.48. The fourth-order valence-corrected chi connectivity index (χ4v) is 3.82. The van der Waals surface area contributed by atoms with E-state index in [1.165, 1.54) is 0 Å². The Morgan fingerprint density at radius 1 is 0.871 bits per heavy atom. The summed E-state index contributed by atoms with van der Waals surface area (Å²) in [6.45, 7) is 1.55. The molecule has 1 saturated heterocycles. The van der Waals surface area contributed by atoms with E-state index in [1.54, 1.807) is 29.2 Å². The predicted octanol–water partition coefficient (Wildman–Crippen LogP) is 1.10. The van der Waals surface area contributed by atoms with Gasteiger partial charge < -0.3 is 14.5 Å². The van der Waals surface area contributed by atoms with Gasteiger partial charge in [-0.3, -0.25) is 24.1 Å². The Labute approximate surface area is 180 Å². The lowest BCUT2D eigenvalue weighted by Gasteiger charge is -2.36. The monoisotopic (exact) mass is 421 g/mol. The zero-order valence-corrected chi connectivity index (χ0v) is 17.0. The molecule has 0 unspecified atom stereocenters. The van der Waals surface area contributed by atoms with E-state index < -0.39 is 30.9 Å². The van der Waals surface area contributed by atoms with Crippen molar-refractivity contribution in [1.29, 1.82) is 0 Å². The summed E-state index contributed by atoms with van der Waals surface area (Å²) in [6, 6.07) is 16.8. The highest BCUT2D eigenvalue weighted by atomic mass is 16.5. The smallest absolute Gasteiger partial charge is 0.326 e. The fourth-order valence-electron chi connectivity index (χ4n) is 3.82. The number of imide groups is 1. The SMILES string of the molecule is O=C(CN1C(=O)Cc2ccccc2C1=O)OCC(=O)N1CCN(c2ccccc2)CC1. The number of anilines is 1. The summed E-state index contributed by atoms with van der Waals surface area (Å²) in [6.07, 6.45) is 0.0554. The molecule has 0 saturated carbocycles. The van der Waals surface area contributed by atoms with Crippen LogP contribution in [0.1, 0.15) is 15.9 Å². The largest absolute Gasteiger partial charge is 0.454 e. The number of hydrogen-bond donors (Lipinski definition) is 0. The van der Waals surface area contributed by atoms with E-state index in [-0.39, 0.29) is 12.3 Å². The molecule has 3 amide bonds. The molecule has 0 aliphatic carbocycles. The summed E-state index contributed by atoms with van der Waals surface area (Å²) >= 11 is 0. The lowest BCUT2D eigenvalue weighted by molar-refractivity contribution is -0.154. The molecule has 2 aliphatic heterocycles. The maximum atomic E-state index is 12.5. The lowest BCUT2D eigenvalue weighted by atomic mass is 9.98. The van der Waals surface area contributed by atoms with Crippen LogP contribution in [0.5, 0.6) is 0 Å². The number of fused-ring (bicyclic) bond motifs is 1. The molecule has 2 aliphatic rings.